The zero-order valence-electron chi connectivity index (χ0n) is 13.9. The van der Waals surface area contributed by atoms with Crippen LogP contribution in [-0.4, -0.2) is 24.7 Å². The fourth-order valence-electron chi connectivity index (χ4n) is 3.10. The SMILES string of the molecule is CCN(CC)c1ccc(C2=CC(=O)c3c(N)cccc3C2=O)cc1. The molecule has 0 unspecified atom stereocenters. The number of hydrogen-bond acceptors (Lipinski definition) is 4. The van der Waals surface area contributed by atoms with Crippen LogP contribution in [0, 0.1) is 0 Å². The highest BCUT2D eigenvalue weighted by molar-refractivity contribution is 6.39. The van der Waals surface area contributed by atoms with Crippen LogP contribution >= 0.6 is 0 Å². The Morgan fingerprint density at radius 3 is 2.25 bits per heavy atom. The summed E-state index contributed by atoms with van der Waals surface area (Å²) in [6, 6.07) is 12.7. The second-order valence-corrected chi connectivity index (χ2v) is 5.74. The van der Waals surface area contributed by atoms with Gasteiger partial charge in [-0.2, -0.15) is 0 Å². The molecule has 4 nitrogen and oxygen atoms in total. The highest BCUT2D eigenvalue weighted by Gasteiger charge is 2.27. The van der Waals surface area contributed by atoms with Gasteiger partial charge in [-0.15, -0.1) is 0 Å². The van der Waals surface area contributed by atoms with Gasteiger partial charge in [0, 0.05) is 35.6 Å². The summed E-state index contributed by atoms with van der Waals surface area (Å²) in [4.78, 5) is 27.4. The number of nitrogens with two attached hydrogens (primary N) is 1. The molecular weight excluding hydrogens is 300 g/mol. The normalized spacial score (nSPS) is 13.5. The van der Waals surface area contributed by atoms with Crippen molar-refractivity contribution in [2.24, 2.45) is 0 Å². The third-order valence-corrected chi connectivity index (χ3v) is 4.41. The van der Waals surface area contributed by atoms with E-state index >= 15 is 0 Å². The molecule has 4 heteroatoms. The van der Waals surface area contributed by atoms with E-state index in [0.29, 0.717) is 22.4 Å². The Morgan fingerprint density at radius 2 is 1.62 bits per heavy atom. The summed E-state index contributed by atoms with van der Waals surface area (Å²) >= 11 is 0. The van der Waals surface area contributed by atoms with E-state index in [-0.39, 0.29) is 11.6 Å². The smallest absolute Gasteiger partial charge is 0.194 e. The van der Waals surface area contributed by atoms with Crippen molar-refractivity contribution >= 4 is 28.5 Å². The summed E-state index contributed by atoms with van der Waals surface area (Å²) < 4.78 is 0. The minimum absolute atomic E-state index is 0.160. The molecule has 0 aliphatic heterocycles. The van der Waals surface area contributed by atoms with Gasteiger partial charge in [-0.05, 0) is 43.7 Å². The summed E-state index contributed by atoms with van der Waals surface area (Å²) in [7, 11) is 0. The topological polar surface area (TPSA) is 63.4 Å². The average molecular weight is 320 g/mol. The first kappa shape index (κ1) is 16.0. The highest BCUT2D eigenvalue weighted by Crippen LogP contribution is 2.31. The van der Waals surface area contributed by atoms with Crippen molar-refractivity contribution in [1.82, 2.24) is 0 Å². The molecule has 1 aliphatic rings. The summed E-state index contributed by atoms with van der Waals surface area (Å²) in [5, 5.41) is 0. The van der Waals surface area contributed by atoms with E-state index in [4.69, 9.17) is 5.73 Å². The van der Waals surface area contributed by atoms with Crippen LogP contribution < -0.4 is 10.6 Å². The molecule has 0 bridgehead atoms. The Hall–Kier alpha value is -2.88. The molecule has 0 saturated heterocycles. The van der Waals surface area contributed by atoms with Crippen molar-refractivity contribution in [2.45, 2.75) is 13.8 Å². The number of hydrogen-bond donors (Lipinski definition) is 1. The molecule has 3 rings (SSSR count). The first-order chi connectivity index (χ1) is 11.6. The minimum Gasteiger partial charge on any atom is -0.398 e. The fourth-order valence-corrected chi connectivity index (χ4v) is 3.10. The lowest BCUT2D eigenvalue weighted by molar-refractivity contribution is 0.100. The van der Waals surface area contributed by atoms with E-state index in [0.717, 1.165) is 24.3 Å². The van der Waals surface area contributed by atoms with Crippen LogP contribution in [-0.2, 0) is 0 Å². The molecule has 0 atom stereocenters. The molecule has 0 heterocycles. The Morgan fingerprint density at radius 1 is 0.958 bits per heavy atom. The largest absolute Gasteiger partial charge is 0.398 e. The maximum Gasteiger partial charge on any atom is 0.194 e. The van der Waals surface area contributed by atoms with E-state index in [1.807, 2.05) is 24.3 Å². The monoisotopic (exact) mass is 320 g/mol. The Bertz CT molecular complexity index is 831. The van der Waals surface area contributed by atoms with Crippen LogP contribution in [0.5, 0.6) is 0 Å². The summed E-state index contributed by atoms with van der Waals surface area (Å²) in [6.07, 6.45) is 1.40. The first-order valence-corrected chi connectivity index (χ1v) is 8.11. The summed E-state index contributed by atoms with van der Waals surface area (Å²) in [6.45, 7) is 6.04. The van der Waals surface area contributed by atoms with Gasteiger partial charge in [0.1, 0.15) is 0 Å². The molecule has 122 valence electrons. The number of allylic oxidation sites excluding steroid dienone is 2. The van der Waals surface area contributed by atoms with Gasteiger partial charge in [0.15, 0.2) is 11.6 Å². The average Bonchev–Trinajstić information content (AvgIpc) is 2.60. The van der Waals surface area contributed by atoms with E-state index in [9.17, 15) is 9.59 Å². The van der Waals surface area contributed by atoms with Gasteiger partial charge in [-0.1, -0.05) is 24.3 Å². The van der Waals surface area contributed by atoms with Gasteiger partial charge < -0.3 is 10.6 Å². The lowest BCUT2D eigenvalue weighted by atomic mass is 9.85. The lowest BCUT2D eigenvalue weighted by Gasteiger charge is -2.22. The van der Waals surface area contributed by atoms with Crippen molar-refractivity contribution in [3.8, 4) is 0 Å². The summed E-state index contributed by atoms with van der Waals surface area (Å²) in [5.41, 5.74) is 9.16. The minimum atomic E-state index is -0.217. The fraction of sp³-hybridized carbons (Fsp3) is 0.200. The number of Topliss-reactive ketones (excluding diaryl/α,β-unsaturated/α-hetero) is 1. The molecule has 0 saturated carbocycles. The van der Waals surface area contributed by atoms with Crippen LogP contribution in [0.25, 0.3) is 5.57 Å². The molecule has 0 aromatic heterocycles. The number of carbonyl (C=O) groups excluding carboxylic acids is 2. The second kappa shape index (κ2) is 6.32. The van der Waals surface area contributed by atoms with Gasteiger partial charge in [0.25, 0.3) is 0 Å². The molecule has 2 N–H and O–H groups in total. The van der Waals surface area contributed by atoms with Gasteiger partial charge >= 0.3 is 0 Å². The molecule has 0 radical (unpaired) electrons. The second-order valence-electron chi connectivity index (χ2n) is 5.74. The van der Waals surface area contributed by atoms with Crippen LogP contribution in [0.4, 0.5) is 11.4 Å². The molecule has 24 heavy (non-hydrogen) atoms. The van der Waals surface area contributed by atoms with E-state index in [1.165, 1.54) is 6.08 Å². The van der Waals surface area contributed by atoms with Crippen molar-refractivity contribution < 1.29 is 9.59 Å². The Kier molecular flexibility index (Phi) is 4.21. The zero-order chi connectivity index (χ0) is 17.3. The molecule has 0 fully saturated rings. The number of rotatable bonds is 4. The molecule has 1 aliphatic carbocycles. The van der Waals surface area contributed by atoms with Gasteiger partial charge in [0.05, 0.1) is 5.56 Å². The van der Waals surface area contributed by atoms with Crippen molar-refractivity contribution in [3.05, 3.63) is 65.2 Å². The van der Waals surface area contributed by atoms with Crippen molar-refractivity contribution in [1.29, 1.82) is 0 Å². The molecule has 2 aromatic rings. The van der Waals surface area contributed by atoms with E-state index in [1.54, 1.807) is 18.2 Å². The Balaban J connectivity index is 1.99. The number of benzene rings is 2. The van der Waals surface area contributed by atoms with Crippen LogP contribution in [0.15, 0.2) is 48.5 Å². The van der Waals surface area contributed by atoms with Crippen molar-refractivity contribution in [2.75, 3.05) is 23.7 Å². The number of nitrogen functional groups attached to an aromatic ring is 1. The number of carbonyl (C=O) groups is 2. The number of anilines is 2. The predicted molar refractivity (Wildman–Crippen MR) is 97.5 cm³/mol. The quantitative estimate of drug-likeness (QED) is 0.875. The first-order valence-electron chi connectivity index (χ1n) is 8.11. The van der Waals surface area contributed by atoms with Crippen LogP contribution in [0.1, 0.15) is 40.1 Å². The molecule has 2 aromatic carbocycles. The number of ketones is 2. The van der Waals surface area contributed by atoms with Gasteiger partial charge in [0.2, 0.25) is 0 Å². The molecule has 0 spiro atoms. The van der Waals surface area contributed by atoms with E-state index in [2.05, 4.69) is 18.7 Å². The van der Waals surface area contributed by atoms with Gasteiger partial charge in [-0.3, -0.25) is 9.59 Å². The van der Waals surface area contributed by atoms with Gasteiger partial charge in [-0.25, -0.2) is 0 Å². The number of nitrogens with zero attached hydrogens (tertiary/aromatic N) is 1. The molecule has 0 amide bonds. The lowest BCUT2D eigenvalue weighted by Crippen LogP contribution is -2.21. The van der Waals surface area contributed by atoms with Crippen molar-refractivity contribution in [3.63, 3.8) is 0 Å². The molecular formula is C20H20N2O2. The standard InChI is InChI=1S/C20H20N2O2/c1-3-22(4-2)14-10-8-13(9-11-14)16-12-18(23)19-15(20(16)24)6-5-7-17(19)21/h5-12H,3-4,21H2,1-2H3. The van der Waals surface area contributed by atoms with Crippen LogP contribution in [0.2, 0.25) is 0 Å². The zero-order valence-corrected chi connectivity index (χ0v) is 13.9. The van der Waals surface area contributed by atoms with E-state index < -0.39 is 0 Å². The third kappa shape index (κ3) is 2.60. The maximum absolute atomic E-state index is 12.8. The van der Waals surface area contributed by atoms with Crippen LogP contribution in [0.3, 0.4) is 0 Å². The predicted octanol–water partition coefficient (Wildman–Crippen LogP) is 3.58. The third-order valence-electron chi connectivity index (χ3n) is 4.41. The highest BCUT2D eigenvalue weighted by atomic mass is 16.1. The maximum atomic E-state index is 12.8. The Labute approximate surface area is 141 Å². The summed E-state index contributed by atoms with van der Waals surface area (Å²) in [5.74, 6) is -0.377. The number of fused-ring (bicyclic) bond motifs is 1.